The molecule has 1 aliphatic carbocycles. The summed E-state index contributed by atoms with van der Waals surface area (Å²) in [6.07, 6.45) is 11.1. The number of aromatic amines is 1. The second kappa shape index (κ2) is 6.50. The fourth-order valence-corrected chi connectivity index (χ4v) is 3.76. The second-order valence-corrected chi connectivity index (χ2v) is 6.89. The van der Waals surface area contributed by atoms with Gasteiger partial charge in [-0.15, -0.1) is 0 Å². The summed E-state index contributed by atoms with van der Waals surface area (Å²) in [5, 5.41) is 13.5. The quantitative estimate of drug-likeness (QED) is 0.734. The Hall–Kier alpha value is -2.79. The first kappa shape index (κ1) is 16.7. The maximum atomic E-state index is 12.5. The summed E-state index contributed by atoms with van der Waals surface area (Å²) in [6, 6.07) is 7.59. The molecule has 1 amide bonds. The van der Waals surface area contributed by atoms with Crippen LogP contribution in [0.5, 0.6) is 5.75 Å². The van der Waals surface area contributed by atoms with Crippen LogP contribution < -0.4 is 10.1 Å². The highest BCUT2D eigenvalue weighted by Crippen LogP contribution is 2.38. The van der Waals surface area contributed by atoms with Gasteiger partial charge in [-0.05, 0) is 36.6 Å². The molecule has 4 rings (SSSR count). The molecule has 3 N–H and O–H groups in total. The van der Waals surface area contributed by atoms with Gasteiger partial charge in [-0.2, -0.15) is 0 Å². The molecule has 1 aromatic heterocycles. The highest BCUT2D eigenvalue weighted by molar-refractivity contribution is 6.35. The van der Waals surface area contributed by atoms with Crippen LogP contribution in [0.15, 0.2) is 36.5 Å². The fourth-order valence-electron chi connectivity index (χ4n) is 3.76. The van der Waals surface area contributed by atoms with E-state index in [-0.39, 0.29) is 5.91 Å². The van der Waals surface area contributed by atoms with Crippen molar-refractivity contribution in [3.63, 3.8) is 0 Å². The van der Waals surface area contributed by atoms with Crippen LogP contribution in [0.1, 0.15) is 42.5 Å². The van der Waals surface area contributed by atoms with Gasteiger partial charge in [-0.25, -0.2) is 0 Å². The van der Waals surface area contributed by atoms with Crippen molar-refractivity contribution in [1.29, 1.82) is 0 Å². The average molecular weight is 350 g/mol. The topological polar surface area (TPSA) is 74.4 Å². The number of methoxy groups -OCH3 is 1. The molecule has 1 aliphatic heterocycles. The third kappa shape index (κ3) is 2.95. The van der Waals surface area contributed by atoms with Crippen LogP contribution in [0, 0.1) is 0 Å². The number of nitrogens with one attached hydrogen (secondary N) is 2. The van der Waals surface area contributed by atoms with Gasteiger partial charge >= 0.3 is 0 Å². The van der Waals surface area contributed by atoms with E-state index in [1.807, 2.05) is 42.5 Å². The van der Waals surface area contributed by atoms with Crippen molar-refractivity contribution >= 4 is 29.3 Å². The third-order valence-electron chi connectivity index (χ3n) is 5.15. The average Bonchev–Trinajstić information content (AvgIpc) is 3.34. The first-order valence-corrected chi connectivity index (χ1v) is 8.89. The Kier molecular flexibility index (Phi) is 4.17. The third-order valence-corrected chi connectivity index (χ3v) is 5.15. The maximum Gasteiger partial charge on any atom is 0.256 e. The standard InChI is InChI=1S/C21H22N2O3/c1-26-18-8-12-22-17(18)13-15-19-14(5-4-6-16(19)23-20(15)24)7-11-21(25)9-2-3-10-21/h4-8,11-13,22,25H,2-3,9-10H2,1H3,(H,23,24)/b11-7?,15-13-. The maximum absolute atomic E-state index is 12.5. The van der Waals surface area contributed by atoms with Gasteiger partial charge in [-0.1, -0.05) is 37.1 Å². The zero-order chi connectivity index (χ0) is 18.1. The Labute approximate surface area is 152 Å². The summed E-state index contributed by atoms with van der Waals surface area (Å²) in [7, 11) is 1.60. The lowest BCUT2D eigenvalue weighted by molar-refractivity contribution is -0.110. The predicted octanol–water partition coefficient (Wildman–Crippen LogP) is 3.83. The smallest absolute Gasteiger partial charge is 0.256 e. The molecule has 1 saturated carbocycles. The lowest BCUT2D eigenvalue weighted by atomic mass is 9.96. The van der Waals surface area contributed by atoms with Crippen LogP contribution in [-0.4, -0.2) is 28.7 Å². The molecule has 134 valence electrons. The molecular weight excluding hydrogens is 328 g/mol. The summed E-state index contributed by atoms with van der Waals surface area (Å²) in [5.74, 6) is 0.545. The van der Waals surface area contributed by atoms with Gasteiger partial charge in [0, 0.05) is 17.4 Å². The Morgan fingerprint density at radius 3 is 2.81 bits per heavy atom. The van der Waals surface area contributed by atoms with Crippen molar-refractivity contribution < 1.29 is 14.6 Å². The van der Waals surface area contributed by atoms with Crippen LogP contribution in [0.4, 0.5) is 5.69 Å². The summed E-state index contributed by atoms with van der Waals surface area (Å²) < 4.78 is 5.32. The van der Waals surface area contributed by atoms with Gasteiger partial charge in [0.05, 0.1) is 24.0 Å². The first-order chi connectivity index (χ1) is 12.6. The highest BCUT2D eigenvalue weighted by atomic mass is 16.5. The minimum Gasteiger partial charge on any atom is -0.495 e. The molecule has 5 heteroatoms. The van der Waals surface area contributed by atoms with Crippen LogP contribution in [0.3, 0.4) is 0 Å². The molecule has 0 bridgehead atoms. The van der Waals surface area contributed by atoms with E-state index in [0.717, 1.165) is 48.2 Å². The van der Waals surface area contributed by atoms with E-state index in [1.165, 1.54) is 0 Å². The van der Waals surface area contributed by atoms with Gasteiger partial charge in [0.1, 0.15) is 5.75 Å². The molecule has 2 heterocycles. The largest absolute Gasteiger partial charge is 0.495 e. The van der Waals surface area contributed by atoms with Crippen LogP contribution >= 0.6 is 0 Å². The van der Waals surface area contributed by atoms with E-state index in [1.54, 1.807) is 13.3 Å². The van der Waals surface area contributed by atoms with Crippen molar-refractivity contribution in [2.24, 2.45) is 0 Å². The molecule has 0 saturated heterocycles. The van der Waals surface area contributed by atoms with Gasteiger partial charge in [0.2, 0.25) is 0 Å². The Morgan fingerprint density at radius 2 is 2.04 bits per heavy atom. The van der Waals surface area contributed by atoms with E-state index in [2.05, 4.69) is 10.3 Å². The van der Waals surface area contributed by atoms with E-state index in [4.69, 9.17) is 4.74 Å². The SMILES string of the molecule is COc1cc[nH]c1/C=C1\C(=O)Nc2cccc(C=CC3(O)CCCC3)c21. The summed E-state index contributed by atoms with van der Waals surface area (Å²) >= 11 is 0. The van der Waals surface area contributed by atoms with Crippen molar-refractivity contribution in [3.05, 3.63) is 53.4 Å². The summed E-state index contributed by atoms with van der Waals surface area (Å²) in [4.78, 5) is 15.6. The molecule has 0 unspecified atom stereocenters. The molecule has 1 fully saturated rings. The molecule has 0 radical (unpaired) electrons. The summed E-state index contributed by atoms with van der Waals surface area (Å²) in [5.41, 5.74) is 3.15. The van der Waals surface area contributed by atoms with Gasteiger partial charge in [0.25, 0.3) is 5.91 Å². The molecular formula is C21H22N2O3. The Morgan fingerprint density at radius 1 is 1.23 bits per heavy atom. The number of ether oxygens (including phenoxy) is 1. The van der Waals surface area contributed by atoms with Gasteiger partial charge in [0.15, 0.2) is 0 Å². The Balaban J connectivity index is 1.76. The van der Waals surface area contributed by atoms with E-state index < -0.39 is 5.60 Å². The molecule has 2 aromatic rings. The molecule has 1 aromatic carbocycles. The molecule has 0 spiro atoms. The number of aromatic nitrogens is 1. The number of benzene rings is 1. The number of hydrogen-bond acceptors (Lipinski definition) is 3. The predicted molar refractivity (Wildman–Crippen MR) is 103 cm³/mol. The zero-order valence-corrected chi connectivity index (χ0v) is 14.7. The van der Waals surface area contributed by atoms with Crippen molar-refractivity contribution in [2.45, 2.75) is 31.3 Å². The van der Waals surface area contributed by atoms with E-state index in [0.29, 0.717) is 11.3 Å². The monoisotopic (exact) mass is 350 g/mol. The minimum absolute atomic E-state index is 0.142. The molecule has 26 heavy (non-hydrogen) atoms. The highest BCUT2D eigenvalue weighted by Gasteiger charge is 2.29. The van der Waals surface area contributed by atoms with Crippen molar-refractivity contribution in [2.75, 3.05) is 12.4 Å². The van der Waals surface area contributed by atoms with E-state index in [9.17, 15) is 9.90 Å². The van der Waals surface area contributed by atoms with Gasteiger partial charge in [-0.3, -0.25) is 4.79 Å². The fraction of sp³-hybridized carbons (Fsp3) is 0.286. The molecule has 2 aliphatic rings. The van der Waals surface area contributed by atoms with Crippen LogP contribution in [0.2, 0.25) is 0 Å². The van der Waals surface area contributed by atoms with Crippen LogP contribution in [0.25, 0.3) is 17.7 Å². The Bertz CT molecular complexity index is 902. The number of rotatable bonds is 4. The lowest BCUT2D eigenvalue weighted by Crippen LogP contribution is -2.19. The summed E-state index contributed by atoms with van der Waals surface area (Å²) in [6.45, 7) is 0. The number of aliphatic hydroxyl groups is 1. The number of H-pyrrole nitrogens is 1. The van der Waals surface area contributed by atoms with Crippen molar-refractivity contribution in [3.8, 4) is 5.75 Å². The number of anilines is 1. The number of fused-ring (bicyclic) bond motifs is 1. The first-order valence-electron chi connectivity index (χ1n) is 8.89. The molecule has 0 atom stereocenters. The normalized spacial score (nSPS) is 19.9. The lowest BCUT2D eigenvalue weighted by Gasteiger charge is -2.16. The number of carbonyl (C=O) groups excluding carboxylic acids is 1. The zero-order valence-electron chi connectivity index (χ0n) is 14.7. The van der Waals surface area contributed by atoms with Crippen molar-refractivity contribution in [1.82, 2.24) is 4.98 Å². The molecule has 5 nitrogen and oxygen atoms in total. The van der Waals surface area contributed by atoms with E-state index >= 15 is 0 Å². The number of carbonyl (C=O) groups is 1. The second-order valence-electron chi connectivity index (χ2n) is 6.89. The minimum atomic E-state index is -0.731. The number of hydrogen-bond donors (Lipinski definition) is 3. The van der Waals surface area contributed by atoms with Crippen LogP contribution in [-0.2, 0) is 4.79 Å². The number of amides is 1. The van der Waals surface area contributed by atoms with Gasteiger partial charge < -0.3 is 20.1 Å².